The summed E-state index contributed by atoms with van der Waals surface area (Å²) in [6, 6.07) is 4.53. The molecular formula is C13H11F2N3O3. The highest BCUT2D eigenvalue weighted by molar-refractivity contribution is 5.96. The largest absolute Gasteiger partial charge is 0.432 e. The van der Waals surface area contributed by atoms with Gasteiger partial charge < -0.3 is 15.5 Å². The number of rotatable bonds is 3. The van der Waals surface area contributed by atoms with Crippen LogP contribution in [0.1, 0.15) is 23.5 Å². The van der Waals surface area contributed by atoms with Crippen LogP contribution in [0.4, 0.5) is 14.5 Å². The maximum absolute atomic E-state index is 12.7. The van der Waals surface area contributed by atoms with Gasteiger partial charge in [0, 0.05) is 24.4 Å². The average molecular weight is 295 g/mol. The van der Waals surface area contributed by atoms with Gasteiger partial charge in [0.2, 0.25) is 11.8 Å². The number of carbonyl (C=O) groups is 2. The van der Waals surface area contributed by atoms with Gasteiger partial charge in [0.05, 0.1) is 0 Å². The first-order valence-electron chi connectivity index (χ1n) is 6.23. The number of hydrogen-bond acceptors (Lipinski definition) is 4. The number of oxazole rings is 1. The van der Waals surface area contributed by atoms with Gasteiger partial charge >= 0.3 is 5.91 Å². The number of primary amides is 1. The summed E-state index contributed by atoms with van der Waals surface area (Å²) in [5, 5.41) is 2.54. The SMILES string of the molecule is NC(=O)c1nc2cc(NC(=O)C3CC(F)(F)C3)ccc2o1. The summed E-state index contributed by atoms with van der Waals surface area (Å²) in [6.45, 7) is 0. The standard InChI is InChI=1S/C13H11F2N3O3/c14-13(15)4-6(5-13)11(20)17-7-1-2-9-8(3-7)18-12(21-9)10(16)19/h1-3,6H,4-5H2,(H2,16,19)(H,17,20). The smallest absolute Gasteiger partial charge is 0.304 e. The zero-order valence-electron chi connectivity index (χ0n) is 10.7. The van der Waals surface area contributed by atoms with E-state index in [2.05, 4.69) is 10.3 Å². The van der Waals surface area contributed by atoms with Gasteiger partial charge in [0.25, 0.3) is 5.89 Å². The van der Waals surface area contributed by atoms with Crippen LogP contribution in [-0.4, -0.2) is 22.7 Å². The molecule has 1 aromatic carbocycles. The lowest BCUT2D eigenvalue weighted by Crippen LogP contribution is -2.42. The van der Waals surface area contributed by atoms with Gasteiger partial charge in [-0.05, 0) is 18.2 Å². The first-order valence-corrected chi connectivity index (χ1v) is 6.23. The fourth-order valence-electron chi connectivity index (χ4n) is 2.20. The van der Waals surface area contributed by atoms with Crippen molar-refractivity contribution in [2.75, 3.05) is 5.32 Å². The van der Waals surface area contributed by atoms with Gasteiger partial charge in [0.15, 0.2) is 5.58 Å². The van der Waals surface area contributed by atoms with E-state index in [0.29, 0.717) is 16.8 Å². The molecular weight excluding hydrogens is 284 g/mol. The molecule has 0 saturated heterocycles. The maximum Gasteiger partial charge on any atom is 0.304 e. The first kappa shape index (κ1) is 13.5. The van der Waals surface area contributed by atoms with E-state index < -0.39 is 36.5 Å². The number of hydrogen-bond donors (Lipinski definition) is 2. The van der Waals surface area contributed by atoms with Crippen molar-refractivity contribution in [3.05, 3.63) is 24.1 Å². The molecule has 1 saturated carbocycles. The van der Waals surface area contributed by atoms with Crippen LogP contribution in [0.15, 0.2) is 22.6 Å². The molecule has 3 N–H and O–H groups in total. The predicted molar refractivity (Wildman–Crippen MR) is 68.8 cm³/mol. The van der Waals surface area contributed by atoms with Gasteiger partial charge in [-0.2, -0.15) is 0 Å². The predicted octanol–water partition coefficient (Wildman–Crippen LogP) is 1.91. The molecule has 6 nitrogen and oxygen atoms in total. The third kappa shape index (κ3) is 2.56. The van der Waals surface area contributed by atoms with E-state index in [1.807, 2.05) is 0 Å². The Morgan fingerprint density at radius 1 is 1.38 bits per heavy atom. The van der Waals surface area contributed by atoms with Crippen molar-refractivity contribution in [3.8, 4) is 0 Å². The quantitative estimate of drug-likeness (QED) is 0.903. The second-order valence-electron chi connectivity index (χ2n) is 5.02. The molecule has 3 rings (SSSR count). The van der Waals surface area contributed by atoms with E-state index >= 15 is 0 Å². The van der Waals surface area contributed by atoms with E-state index in [-0.39, 0.29) is 5.89 Å². The van der Waals surface area contributed by atoms with Crippen LogP contribution in [0, 0.1) is 5.92 Å². The lowest BCUT2D eigenvalue weighted by molar-refractivity contribution is -0.145. The Kier molecular flexibility index (Phi) is 2.89. The highest BCUT2D eigenvalue weighted by Gasteiger charge is 2.48. The average Bonchev–Trinajstić information content (AvgIpc) is 2.79. The number of nitrogens with zero attached hydrogens (tertiary/aromatic N) is 1. The third-order valence-electron chi connectivity index (χ3n) is 3.33. The first-order chi connectivity index (χ1) is 9.84. The number of halogens is 2. The number of nitrogens with one attached hydrogen (secondary N) is 1. The Bertz CT molecular complexity index is 733. The number of aromatic nitrogens is 1. The van der Waals surface area contributed by atoms with Crippen LogP contribution < -0.4 is 11.1 Å². The summed E-state index contributed by atoms with van der Waals surface area (Å²) in [5.41, 5.74) is 6.14. The highest BCUT2D eigenvalue weighted by atomic mass is 19.3. The zero-order chi connectivity index (χ0) is 15.2. The van der Waals surface area contributed by atoms with E-state index in [1.165, 1.54) is 18.2 Å². The monoisotopic (exact) mass is 295 g/mol. The third-order valence-corrected chi connectivity index (χ3v) is 3.33. The van der Waals surface area contributed by atoms with Gasteiger partial charge in [-0.25, -0.2) is 13.8 Å². The summed E-state index contributed by atoms with van der Waals surface area (Å²) < 4.78 is 30.6. The van der Waals surface area contributed by atoms with Crippen molar-refractivity contribution in [2.45, 2.75) is 18.8 Å². The molecule has 2 amide bonds. The Morgan fingerprint density at radius 3 is 2.71 bits per heavy atom. The van der Waals surface area contributed by atoms with Crippen molar-refractivity contribution in [2.24, 2.45) is 11.7 Å². The van der Waals surface area contributed by atoms with E-state index in [0.717, 1.165) is 0 Å². The number of benzene rings is 1. The van der Waals surface area contributed by atoms with Crippen LogP contribution in [-0.2, 0) is 4.79 Å². The van der Waals surface area contributed by atoms with E-state index in [9.17, 15) is 18.4 Å². The summed E-state index contributed by atoms with van der Waals surface area (Å²) in [7, 11) is 0. The molecule has 0 radical (unpaired) electrons. The molecule has 8 heteroatoms. The molecule has 0 atom stereocenters. The summed E-state index contributed by atoms with van der Waals surface area (Å²) in [4.78, 5) is 26.6. The van der Waals surface area contributed by atoms with E-state index in [1.54, 1.807) is 0 Å². The lowest BCUT2D eigenvalue weighted by Gasteiger charge is -2.33. The van der Waals surface area contributed by atoms with Crippen LogP contribution in [0.25, 0.3) is 11.1 Å². The number of carbonyl (C=O) groups excluding carboxylic acids is 2. The number of fused-ring (bicyclic) bond motifs is 1. The van der Waals surface area contributed by atoms with Gasteiger partial charge in [-0.15, -0.1) is 0 Å². The van der Waals surface area contributed by atoms with Crippen LogP contribution in [0.3, 0.4) is 0 Å². The van der Waals surface area contributed by atoms with Crippen molar-refractivity contribution >= 4 is 28.6 Å². The van der Waals surface area contributed by atoms with Gasteiger partial charge in [-0.3, -0.25) is 9.59 Å². The summed E-state index contributed by atoms with van der Waals surface area (Å²) in [6.07, 6.45) is -0.867. The Hall–Kier alpha value is -2.51. The van der Waals surface area contributed by atoms with Crippen LogP contribution in [0.5, 0.6) is 0 Å². The minimum atomic E-state index is -2.74. The minimum absolute atomic E-state index is 0.230. The van der Waals surface area contributed by atoms with Crippen molar-refractivity contribution in [1.82, 2.24) is 4.98 Å². The minimum Gasteiger partial charge on any atom is -0.432 e. The molecule has 110 valence electrons. The molecule has 0 bridgehead atoms. The highest BCUT2D eigenvalue weighted by Crippen LogP contribution is 2.42. The molecule has 1 aliphatic carbocycles. The summed E-state index contributed by atoms with van der Waals surface area (Å²) >= 11 is 0. The number of anilines is 1. The number of amides is 2. The molecule has 1 aliphatic rings. The maximum atomic E-state index is 12.7. The number of alkyl halides is 2. The fourth-order valence-corrected chi connectivity index (χ4v) is 2.20. The molecule has 2 aromatic rings. The van der Waals surface area contributed by atoms with Crippen molar-refractivity contribution in [3.63, 3.8) is 0 Å². The Morgan fingerprint density at radius 2 is 2.10 bits per heavy atom. The second kappa shape index (κ2) is 4.51. The van der Waals surface area contributed by atoms with E-state index in [4.69, 9.17) is 10.2 Å². The molecule has 21 heavy (non-hydrogen) atoms. The zero-order valence-corrected chi connectivity index (χ0v) is 10.7. The lowest BCUT2D eigenvalue weighted by atomic mass is 9.81. The second-order valence-corrected chi connectivity index (χ2v) is 5.02. The molecule has 0 aliphatic heterocycles. The Balaban J connectivity index is 1.75. The Labute approximate surface area is 117 Å². The van der Waals surface area contributed by atoms with Crippen molar-refractivity contribution < 1.29 is 22.8 Å². The number of nitrogens with two attached hydrogens (primary N) is 1. The molecule has 0 spiro atoms. The molecule has 1 heterocycles. The summed E-state index contributed by atoms with van der Waals surface area (Å²) in [5.74, 6) is -4.91. The normalized spacial score (nSPS) is 17.4. The van der Waals surface area contributed by atoms with Crippen molar-refractivity contribution in [1.29, 1.82) is 0 Å². The topological polar surface area (TPSA) is 98.2 Å². The van der Waals surface area contributed by atoms with Crippen LogP contribution >= 0.6 is 0 Å². The molecule has 1 fully saturated rings. The molecule has 0 unspecified atom stereocenters. The fraction of sp³-hybridized carbons (Fsp3) is 0.308. The van der Waals surface area contributed by atoms with Crippen LogP contribution in [0.2, 0.25) is 0 Å². The molecule has 1 aromatic heterocycles. The van der Waals surface area contributed by atoms with Gasteiger partial charge in [0.1, 0.15) is 5.52 Å². The van der Waals surface area contributed by atoms with Gasteiger partial charge in [-0.1, -0.05) is 0 Å².